The highest BCUT2D eigenvalue weighted by atomic mass is 16.1. The Morgan fingerprint density at radius 3 is 2.33 bits per heavy atom. The van der Waals surface area contributed by atoms with Crippen LogP contribution in [0.1, 0.15) is 72.5 Å². The molecule has 2 rings (SSSR count). The van der Waals surface area contributed by atoms with E-state index in [9.17, 15) is 4.79 Å². The van der Waals surface area contributed by atoms with Crippen LogP contribution in [0.4, 0.5) is 0 Å². The van der Waals surface area contributed by atoms with Crippen LogP contribution in [0, 0.1) is 0 Å². The minimum absolute atomic E-state index is 0.0452. The normalized spacial score (nSPS) is 14.1. The Morgan fingerprint density at radius 1 is 1.24 bits per heavy atom. The van der Waals surface area contributed by atoms with Gasteiger partial charge in [0.05, 0.1) is 23.5 Å². The fourth-order valence-corrected chi connectivity index (χ4v) is 2.47. The minimum atomic E-state index is -0.232. The Hall–Kier alpha value is -1.65. The summed E-state index contributed by atoms with van der Waals surface area (Å²) >= 11 is 0. The number of nitrogens with zero attached hydrogens (tertiary/aromatic N) is 4. The van der Waals surface area contributed by atoms with Gasteiger partial charge >= 0.3 is 0 Å². The summed E-state index contributed by atoms with van der Waals surface area (Å²) in [6.45, 7) is 14.5. The van der Waals surface area contributed by atoms with Crippen molar-refractivity contribution in [2.45, 2.75) is 72.4 Å². The average molecular weight is 290 g/mol. The van der Waals surface area contributed by atoms with Gasteiger partial charge in [0.1, 0.15) is 5.52 Å². The zero-order chi connectivity index (χ0) is 15.9. The van der Waals surface area contributed by atoms with Crippen LogP contribution in [-0.4, -0.2) is 19.6 Å². The summed E-state index contributed by atoms with van der Waals surface area (Å²) in [5, 5.41) is 9.96. The smallest absolute Gasteiger partial charge is 0.265 e. The van der Waals surface area contributed by atoms with Gasteiger partial charge in [0.15, 0.2) is 0 Å². The van der Waals surface area contributed by atoms with Gasteiger partial charge in [-0.15, -0.1) is 0 Å². The highest BCUT2D eigenvalue weighted by Crippen LogP contribution is 2.25. The van der Waals surface area contributed by atoms with Gasteiger partial charge in [0, 0.05) is 5.39 Å². The van der Waals surface area contributed by atoms with Crippen molar-refractivity contribution in [1.29, 1.82) is 0 Å². The molecule has 0 aliphatic carbocycles. The standard InChI is InChI=1S/C16H26N4O/c1-8-11(4)19-15(21)14-12(13(18-19)10(2)3)9-17-20(14)16(5,6)7/h9-11H,8H2,1-7H3/t11-/m1/s1. The highest BCUT2D eigenvalue weighted by Gasteiger charge is 2.24. The molecule has 5 heteroatoms. The SMILES string of the molecule is CC[C@@H](C)n1nc(C(C)C)c2cnn(C(C)(C)C)c2c1=O. The van der Waals surface area contributed by atoms with Crippen molar-refractivity contribution in [1.82, 2.24) is 19.6 Å². The second-order valence-electron chi connectivity index (χ2n) is 7.04. The lowest BCUT2D eigenvalue weighted by Gasteiger charge is -2.22. The molecule has 0 amide bonds. The van der Waals surface area contributed by atoms with Crippen LogP contribution in [0.25, 0.3) is 10.9 Å². The van der Waals surface area contributed by atoms with E-state index in [1.54, 1.807) is 10.9 Å². The maximum absolute atomic E-state index is 12.9. The summed E-state index contributed by atoms with van der Waals surface area (Å²) in [5.74, 6) is 0.251. The molecule has 116 valence electrons. The topological polar surface area (TPSA) is 52.7 Å². The second kappa shape index (κ2) is 5.28. The Balaban J connectivity index is 2.91. The average Bonchev–Trinajstić information content (AvgIpc) is 2.83. The number of aromatic nitrogens is 4. The van der Waals surface area contributed by atoms with Crippen molar-refractivity contribution < 1.29 is 0 Å². The molecular weight excluding hydrogens is 264 g/mol. The summed E-state index contributed by atoms with van der Waals surface area (Å²) in [4.78, 5) is 12.9. The molecule has 0 unspecified atom stereocenters. The lowest BCUT2D eigenvalue weighted by Crippen LogP contribution is -2.32. The fourth-order valence-electron chi connectivity index (χ4n) is 2.47. The zero-order valence-electron chi connectivity index (χ0n) is 14.1. The molecule has 0 fully saturated rings. The van der Waals surface area contributed by atoms with E-state index in [2.05, 4.69) is 51.7 Å². The van der Waals surface area contributed by atoms with E-state index < -0.39 is 0 Å². The molecule has 2 heterocycles. The Morgan fingerprint density at radius 2 is 1.86 bits per heavy atom. The highest BCUT2D eigenvalue weighted by molar-refractivity contribution is 5.80. The van der Waals surface area contributed by atoms with E-state index in [0.29, 0.717) is 5.52 Å². The first-order valence-electron chi connectivity index (χ1n) is 7.69. The Labute approximate surface area is 126 Å². The van der Waals surface area contributed by atoms with Crippen LogP contribution >= 0.6 is 0 Å². The van der Waals surface area contributed by atoms with Crippen LogP contribution in [0.2, 0.25) is 0 Å². The summed E-state index contributed by atoms with van der Waals surface area (Å²) in [5.41, 5.74) is 1.34. The third kappa shape index (κ3) is 2.61. The van der Waals surface area contributed by atoms with Crippen LogP contribution in [-0.2, 0) is 5.54 Å². The molecule has 0 spiro atoms. The fraction of sp³-hybridized carbons (Fsp3) is 0.688. The molecule has 21 heavy (non-hydrogen) atoms. The van der Waals surface area contributed by atoms with Crippen molar-refractivity contribution in [3.63, 3.8) is 0 Å². The first kappa shape index (κ1) is 15.7. The molecular formula is C16H26N4O. The predicted molar refractivity (Wildman–Crippen MR) is 85.9 cm³/mol. The molecule has 1 atom stereocenters. The molecule has 0 N–H and O–H groups in total. The van der Waals surface area contributed by atoms with Crippen molar-refractivity contribution in [2.24, 2.45) is 0 Å². The lowest BCUT2D eigenvalue weighted by molar-refractivity contribution is 0.364. The van der Waals surface area contributed by atoms with Crippen molar-refractivity contribution in [3.8, 4) is 0 Å². The van der Waals surface area contributed by atoms with E-state index in [0.717, 1.165) is 17.5 Å². The first-order chi connectivity index (χ1) is 9.68. The molecule has 0 aliphatic rings. The molecule has 5 nitrogen and oxygen atoms in total. The van der Waals surface area contributed by atoms with E-state index in [-0.39, 0.29) is 23.1 Å². The third-order valence-corrected chi connectivity index (χ3v) is 3.86. The lowest BCUT2D eigenvalue weighted by atomic mass is 10.1. The largest absolute Gasteiger partial charge is 0.293 e. The van der Waals surface area contributed by atoms with Crippen LogP contribution in [0.3, 0.4) is 0 Å². The van der Waals surface area contributed by atoms with Crippen molar-refractivity contribution in [3.05, 3.63) is 22.2 Å². The van der Waals surface area contributed by atoms with Crippen molar-refractivity contribution in [2.75, 3.05) is 0 Å². The predicted octanol–water partition coefficient (Wildman–Crippen LogP) is 3.44. The molecule has 2 aromatic heterocycles. The number of fused-ring (bicyclic) bond motifs is 1. The van der Waals surface area contributed by atoms with Gasteiger partial charge < -0.3 is 0 Å². The van der Waals surface area contributed by atoms with Gasteiger partial charge in [0.25, 0.3) is 5.56 Å². The zero-order valence-corrected chi connectivity index (χ0v) is 14.1. The molecule has 0 bridgehead atoms. The van der Waals surface area contributed by atoms with Gasteiger partial charge in [-0.05, 0) is 40.0 Å². The molecule has 0 saturated heterocycles. The van der Waals surface area contributed by atoms with E-state index in [1.807, 2.05) is 11.6 Å². The van der Waals surface area contributed by atoms with Gasteiger partial charge in [-0.25, -0.2) is 4.68 Å². The first-order valence-corrected chi connectivity index (χ1v) is 7.69. The molecule has 2 aromatic rings. The molecule has 0 aliphatic heterocycles. The van der Waals surface area contributed by atoms with Crippen LogP contribution in [0.5, 0.6) is 0 Å². The third-order valence-electron chi connectivity index (χ3n) is 3.86. The minimum Gasteiger partial charge on any atom is -0.265 e. The molecule has 0 radical (unpaired) electrons. The summed E-state index contributed by atoms with van der Waals surface area (Å²) in [7, 11) is 0. The number of hydrogen-bond acceptors (Lipinski definition) is 3. The summed E-state index contributed by atoms with van der Waals surface area (Å²) in [6.07, 6.45) is 2.66. The second-order valence-corrected chi connectivity index (χ2v) is 7.04. The van der Waals surface area contributed by atoms with E-state index in [1.165, 1.54) is 0 Å². The van der Waals surface area contributed by atoms with Crippen LogP contribution in [0.15, 0.2) is 11.0 Å². The molecule has 0 aromatic carbocycles. The number of hydrogen-bond donors (Lipinski definition) is 0. The summed E-state index contributed by atoms with van der Waals surface area (Å²) in [6, 6.07) is 0.0859. The monoisotopic (exact) mass is 290 g/mol. The quantitative estimate of drug-likeness (QED) is 0.870. The van der Waals surface area contributed by atoms with Gasteiger partial charge in [-0.2, -0.15) is 10.2 Å². The van der Waals surface area contributed by atoms with Gasteiger partial charge in [-0.3, -0.25) is 9.48 Å². The maximum atomic E-state index is 12.9. The van der Waals surface area contributed by atoms with Crippen molar-refractivity contribution >= 4 is 10.9 Å². The summed E-state index contributed by atoms with van der Waals surface area (Å²) < 4.78 is 3.46. The van der Waals surface area contributed by atoms with Crippen LogP contribution < -0.4 is 5.56 Å². The van der Waals surface area contributed by atoms with Gasteiger partial charge in [0.2, 0.25) is 0 Å². The number of rotatable bonds is 3. The Bertz CT molecular complexity index is 703. The molecule has 0 saturated carbocycles. The maximum Gasteiger partial charge on any atom is 0.293 e. The van der Waals surface area contributed by atoms with Gasteiger partial charge in [-0.1, -0.05) is 20.8 Å². The van der Waals surface area contributed by atoms with E-state index >= 15 is 0 Å². The van der Waals surface area contributed by atoms with E-state index in [4.69, 9.17) is 0 Å². The Kier molecular flexibility index (Phi) is 3.95.